The van der Waals surface area contributed by atoms with Gasteiger partial charge in [-0.05, 0) is 13.0 Å². The molecule has 0 bridgehead atoms. The lowest BCUT2D eigenvalue weighted by molar-refractivity contribution is -0.277. The Hall–Kier alpha value is -0.730. The van der Waals surface area contributed by atoms with Crippen LogP contribution in [0.3, 0.4) is 0 Å². The predicted octanol–water partition coefficient (Wildman–Crippen LogP) is 2.87. The van der Waals surface area contributed by atoms with Crippen molar-refractivity contribution < 1.29 is 26.3 Å². The van der Waals surface area contributed by atoms with Crippen molar-refractivity contribution in [2.24, 2.45) is 0 Å². The van der Waals surface area contributed by atoms with Gasteiger partial charge in [-0.3, -0.25) is 0 Å². The first-order chi connectivity index (χ1) is 7.50. The Morgan fingerprint density at radius 1 is 1.41 bits per heavy atom. The van der Waals surface area contributed by atoms with E-state index < -0.39 is 31.2 Å². The quantitative estimate of drug-likeness (QED) is 0.788. The average Bonchev–Trinajstić information content (AvgIpc) is 1.94. The SMILES string of the molecule is Cc1cc(Cl)c(S(=O)(=O)Cl)c(OC(F)(F)F)n1. The summed E-state index contributed by atoms with van der Waals surface area (Å²) in [5, 5.41) is -0.494. The van der Waals surface area contributed by atoms with Gasteiger partial charge in [-0.15, -0.1) is 13.2 Å². The van der Waals surface area contributed by atoms with Crippen molar-refractivity contribution in [3.8, 4) is 5.88 Å². The number of aromatic nitrogens is 1. The molecule has 0 spiro atoms. The van der Waals surface area contributed by atoms with E-state index in [1.54, 1.807) is 0 Å². The number of alkyl halides is 3. The molecule has 1 aromatic rings. The second kappa shape index (κ2) is 4.51. The Kier molecular flexibility index (Phi) is 3.80. The zero-order valence-corrected chi connectivity index (χ0v) is 10.4. The normalized spacial score (nSPS) is 12.6. The highest BCUT2D eigenvalue weighted by atomic mass is 35.7. The zero-order chi connectivity index (χ0) is 13.4. The molecule has 0 aromatic carbocycles. The minimum absolute atomic E-state index is 0.0540. The first kappa shape index (κ1) is 14.3. The minimum atomic E-state index is -5.10. The van der Waals surface area contributed by atoms with Crippen molar-refractivity contribution in [2.75, 3.05) is 0 Å². The summed E-state index contributed by atoms with van der Waals surface area (Å²) in [6, 6.07) is 1.06. The number of halogens is 5. The van der Waals surface area contributed by atoms with Gasteiger partial charge in [0.1, 0.15) is 0 Å². The standard InChI is InChI=1S/C7H4Cl2F3NO3S/c1-3-2-4(8)5(17(9,14)15)6(13-3)16-7(10,11)12/h2H,1H3. The molecule has 0 fully saturated rings. The maximum atomic E-state index is 12.0. The topological polar surface area (TPSA) is 56.3 Å². The Labute approximate surface area is 104 Å². The average molecular weight is 310 g/mol. The fourth-order valence-electron chi connectivity index (χ4n) is 0.994. The van der Waals surface area contributed by atoms with E-state index in [1.807, 2.05) is 0 Å². The summed E-state index contributed by atoms with van der Waals surface area (Å²) in [5.74, 6) is -1.20. The van der Waals surface area contributed by atoms with Gasteiger partial charge in [-0.1, -0.05) is 11.6 Å². The third-order valence-electron chi connectivity index (χ3n) is 1.48. The molecule has 0 amide bonds. The van der Waals surface area contributed by atoms with Crippen LogP contribution in [-0.4, -0.2) is 19.8 Å². The van der Waals surface area contributed by atoms with E-state index in [0.29, 0.717) is 0 Å². The van der Waals surface area contributed by atoms with Crippen molar-refractivity contribution >= 4 is 31.3 Å². The van der Waals surface area contributed by atoms with E-state index in [2.05, 4.69) is 9.72 Å². The zero-order valence-electron chi connectivity index (χ0n) is 8.05. The van der Waals surface area contributed by atoms with E-state index in [1.165, 1.54) is 6.92 Å². The van der Waals surface area contributed by atoms with Crippen LogP contribution in [0.25, 0.3) is 0 Å². The Bertz CT molecular complexity index is 544. The molecule has 0 aliphatic rings. The van der Waals surface area contributed by atoms with Crippen LogP contribution in [0.1, 0.15) is 5.69 Å². The summed E-state index contributed by atoms with van der Waals surface area (Å²) >= 11 is 5.50. The summed E-state index contributed by atoms with van der Waals surface area (Å²) < 4.78 is 61.7. The third kappa shape index (κ3) is 3.90. The Morgan fingerprint density at radius 3 is 2.35 bits per heavy atom. The lowest BCUT2D eigenvalue weighted by Gasteiger charge is -2.12. The van der Waals surface area contributed by atoms with Gasteiger partial charge in [-0.25, -0.2) is 13.4 Å². The van der Waals surface area contributed by atoms with Gasteiger partial charge < -0.3 is 4.74 Å². The molecule has 96 valence electrons. The van der Waals surface area contributed by atoms with Gasteiger partial charge in [-0.2, -0.15) is 0 Å². The molecule has 1 heterocycles. The number of ether oxygens (including phenoxy) is 1. The lowest BCUT2D eigenvalue weighted by Crippen LogP contribution is -2.19. The second-order valence-corrected chi connectivity index (χ2v) is 5.78. The van der Waals surface area contributed by atoms with Crippen LogP contribution in [0.5, 0.6) is 5.88 Å². The number of nitrogens with zero attached hydrogens (tertiary/aromatic N) is 1. The highest BCUT2D eigenvalue weighted by molar-refractivity contribution is 8.13. The van der Waals surface area contributed by atoms with Crippen molar-refractivity contribution in [2.45, 2.75) is 18.2 Å². The van der Waals surface area contributed by atoms with Gasteiger partial charge in [0, 0.05) is 16.4 Å². The highest BCUT2D eigenvalue weighted by Gasteiger charge is 2.36. The summed E-state index contributed by atoms with van der Waals surface area (Å²) in [5.41, 5.74) is 0.0540. The number of rotatable bonds is 2. The summed E-state index contributed by atoms with van der Waals surface area (Å²) in [4.78, 5) is 2.29. The number of hydrogen-bond donors (Lipinski definition) is 0. The Balaban J connectivity index is 3.47. The lowest BCUT2D eigenvalue weighted by atomic mass is 10.4. The summed E-state index contributed by atoms with van der Waals surface area (Å²) in [6.45, 7) is 1.32. The second-order valence-electron chi connectivity index (χ2n) is 2.87. The number of aryl methyl sites for hydroxylation is 1. The van der Waals surface area contributed by atoms with Crippen LogP contribution in [-0.2, 0) is 9.05 Å². The maximum absolute atomic E-state index is 12.0. The fraction of sp³-hybridized carbons (Fsp3) is 0.286. The highest BCUT2D eigenvalue weighted by Crippen LogP contribution is 2.35. The van der Waals surface area contributed by atoms with Crippen LogP contribution < -0.4 is 4.74 Å². The van der Waals surface area contributed by atoms with Crippen LogP contribution in [0.15, 0.2) is 11.0 Å². The van der Waals surface area contributed by atoms with E-state index in [4.69, 9.17) is 22.3 Å². The molecule has 4 nitrogen and oxygen atoms in total. The Morgan fingerprint density at radius 2 is 1.94 bits per heavy atom. The first-order valence-electron chi connectivity index (χ1n) is 3.88. The van der Waals surface area contributed by atoms with Crippen molar-refractivity contribution in [3.05, 3.63) is 16.8 Å². The molecular weight excluding hydrogens is 306 g/mol. The molecule has 0 radical (unpaired) electrons. The molecule has 1 rings (SSSR count). The predicted molar refractivity (Wildman–Crippen MR) is 53.7 cm³/mol. The van der Waals surface area contributed by atoms with Crippen LogP contribution in [0.2, 0.25) is 5.02 Å². The van der Waals surface area contributed by atoms with Gasteiger partial charge in [0.25, 0.3) is 9.05 Å². The third-order valence-corrected chi connectivity index (χ3v) is 3.24. The van der Waals surface area contributed by atoms with Crippen LogP contribution in [0, 0.1) is 6.92 Å². The summed E-state index contributed by atoms with van der Waals surface area (Å²) in [6.07, 6.45) is -5.10. The van der Waals surface area contributed by atoms with E-state index in [0.717, 1.165) is 6.07 Å². The van der Waals surface area contributed by atoms with Gasteiger partial charge in [0.15, 0.2) is 4.90 Å². The van der Waals surface area contributed by atoms with Crippen LogP contribution in [0.4, 0.5) is 13.2 Å². The molecule has 1 aromatic heterocycles. The summed E-state index contributed by atoms with van der Waals surface area (Å²) in [7, 11) is 0.450. The van der Waals surface area contributed by atoms with E-state index in [9.17, 15) is 21.6 Å². The van der Waals surface area contributed by atoms with E-state index in [-0.39, 0.29) is 5.69 Å². The molecule has 0 atom stereocenters. The van der Waals surface area contributed by atoms with Gasteiger partial charge in [0.05, 0.1) is 5.02 Å². The molecule has 0 aliphatic heterocycles. The van der Waals surface area contributed by atoms with Crippen molar-refractivity contribution in [3.63, 3.8) is 0 Å². The number of pyridine rings is 1. The monoisotopic (exact) mass is 309 g/mol. The molecule has 0 saturated carbocycles. The first-order valence-corrected chi connectivity index (χ1v) is 6.57. The largest absolute Gasteiger partial charge is 0.574 e. The van der Waals surface area contributed by atoms with Crippen molar-refractivity contribution in [1.82, 2.24) is 4.98 Å². The van der Waals surface area contributed by atoms with E-state index >= 15 is 0 Å². The number of hydrogen-bond acceptors (Lipinski definition) is 4. The van der Waals surface area contributed by atoms with Crippen LogP contribution >= 0.6 is 22.3 Å². The smallest absolute Gasteiger partial charge is 0.386 e. The molecule has 0 saturated heterocycles. The fourth-order valence-corrected chi connectivity index (χ4v) is 2.69. The molecule has 17 heavy (non-hydrogen) atoms. The molecule has 0 aliphatic carbocycles. The van der Waals surface area contributed by atoms with Crippen molar-refractivity contribution in [1.29, 1.82) is 0 Å². The molecule has 0 N–H and O–H groups in total. The minimum Gasteiger partial charge on any atom is -0.386 e. The van der Waals surface area contributed by atoms with Gasteiger partial charge >= 0.3 is 6.36 Å². The van der Waals surface area contributed by atoms with Gasteiger partial charge in [0.2, 0.25) is 5.88 Å². The molecule has 0 unspecified atom stereocenters. The molecular formula is C7H4Cl2F3NO3S. The maximum Gasteiger partial charge on any atom is 0.574 e. The molecule has 10 heteroatoms.